The highest BCUT2D eigenvalue weighted by molar-refractivity contribution is 6.04. The molecular weight excluding hydrogens is 504 g/mol. The molecule has 4 aromatic rings. The third-order valence-corrected chi connectivity index (χ3v) is 9.33. The molecule has 0 bridgehead atoms. The fourth-order valence-corrected chi connectivity index (χ4v) is 7.33. The van der Waals surface area contributed by atoms with E-state index >= 15 is 0 Å². The summed E-state index contributed by atoms with van der Waals surface area (Å²) < 4.78 is 0. The average molecular weight is 539 g/mol. The monoisotopic (exact) mass is 538 g/mol. The molecule has 202 valence electrons. The van der Waals surface area contributed by atoms with Crippen molar-refractivity contribution in [2.75, 3.05) is 0 Å². The van der Waals surface area contributed by atoms with Gasteiger partial charge in [-0.1, -0.05) is 146 Å². The molecule has 0 heterocycles. The van der Waals surface area contributed by atoms with Crippen LogP contribution >= 0.6 is 0 Å². The summed E-state index contributed by atoms with van der Waals surface area (Å²) in [5.74, 6) is 0.830. The van der Waals surface area contributed by atoms with E-state index in [9.17, 15) is 0 Å². The molecule has 0 saturated heterocycles. The van der Waals surface area contributed by atoms with Gasteiger partial charge in [0.15, 0.2) is 0 Å². The van der Waals surface area contributed by atoms with E-state index in [1.54, 1.807) is 0 Å². The molecule has 4 aliphatic carbocycles. The molecular formula is C42H34. The summed E-state index contributed by atoms with van der Waals surface area (Å²) >= 11 is 0. The molecule has 0 nitrogen and oxygen atoms in total. The molecule has 4 aromatic carbocycles. The quantitative estimate of drug-likeness (QED) is 0.243. The maximum Gasteiger partial charge on any atom is 0.00678 e. The Hall–Kier alpha value is -4.68. The van der Waals surface area contributed by atoms with Crippen molar-refractivity contribution in [1.82, 2.24) is 0 Å². The van der Waals surface area contributed by atoms with Crippen LogP contribution in [0.5, 0.6) is 0 Å². The zero-order chi connectivity index (χ0) is 27.9. The van der Waals surface area contributed by atoms with Gasteiger partial charge in [0, 0.05) is 11.8 Å². The third kappa shape index (κ3) is 4.39. The molecule has 0 N–H and O–H groups in total. The molecule has 4 aliphatic rings. The van der Waals surface area contributed by atoms with Crippen molar-refractivity contribution in [1.29, 1.82) is 0 Å². The minimum Gasteiger partial charge on any atom is -0.0836 e. The Morgan fingerprint density at radius 2 is 1.31 bits per heavy atom. The van der Waals surface area contributed by atoms with Crippen molar-refractivity contribution in [3.8, 4) is 0 Å². The van der Waals surface area contributed by atoms with Gasteiger partial charge in [-0.3, -0.25) is 0 Å². The van der Waals surface area contributed by atoms with E-state index in [4.69, 9.17) is 0 Å². The second-order valence-electron chi connectivity index (χ2n) is 11.9. The Balaban J connectivity index is 1.38. The van der Waals surface area contributed by atoms with Crippen LogP contribution in [0.3, 0.4) is 0 Å². The van der Waals surface area contributed by atoms with Crippen molar-refractivity contribution < 1.29 is 0 Å². The second kappa shape index (κ2) is 10.6. The summed E-state index contributed by atoms with van der Waals surface area (Å²) in [4.78, 5) is 0. The molecule has 42 heavy (non-hydrogen) atoms. The molecule has 8 rings (SSSR count). The van der Waals surface area contributed by atoms with E-state index < -0.39 is 0 Å². The first-order valence-corrected chi connectivity index (χ1v) is 15.4. The predicted molar refractivity (Wildman–Crippen MR) is 180 cm³/mol. The maximum absolute atomic E-state index is 2.51. The SMILES string of the molecule is C1=CCC2C=CC(c3c4c(c(C5=CC(c6ccccc6)=CC(c6ccccc6)C5)c5ccccc35)=CCCC=4)=CC2=C1. The standard InChI is InChI=1S/C42H34/c1-3-13-29(14-4-1)34-26-35(30-15-5-2-6-16-30)28-36(27-34)42-39-21-11-9-19-37(39)41(38-20-10-12-22-40(38)42)33-24-23-31-17-7-8-18-32(31)25-33/h1-9,11,13-16,18-27,31,35H,10,12,17,28H2. The zero-order valence-corrected chi connectivity index (χ0v) is 23.8. The van der Waals surface area contributed by atoms with E-state index in [1.807, 2.05) is 0 Å². The Bertz CT molecular complexity index is 2010. The van der Waals surface area contributed by atoms with Crippen LogP contribution in [0.15, 0.2) is 139 Å². The zero-order valence-electron chi connectivity index (χ0n) is 23.8. The third-order valence-electron chi connectivity index (χ3n) is 9.33. The van der Waals surface area contributed by atoms with Gasteiger partial charge in [-0.15, -0.1) is 0 Å². The highest BCUT2D eigenvalue weighted by atomic mass is 14.3. The van der Waals surface area contributed by atoms with Gasteiger partial charge in [0.05, 0.1) is 0 Å². The number of allylic oxidation sites excluding steroid dienone is 12. The van der Waals surface area contributed by atoms with Crippen molar-refractivity contribution >= 4 is 39.6 Å². The van der Waals surface area contributed by atoms with Gasteiger partial charge >= 0.3 is 0 Å². The Morgan fingerprint density at radius 1 is 0.619 bits per heavy atom. The van der Waals surface area contributed by atoms with Gasteiger partial charge in [0.25, 0.3) is 0 Å². The maximum atomic E-state index is 2.51. The minimum absolute atomic E-state index is 0.329. The van der Waals surface area contributed by atoms with Crippen LogP contribution in [0.4, 0.5) is 0 Å². The predicted octanol–water partition coefficient (Wildman–Crippen LogP) is 9.30. The highest BCUT2D eigenvalue weighted by Gasteiger charge is 2.24. The second-order valence-corrected chi connectivity index (χ2v) is 11.9. The number of fused-ring (bicyclic) bond motifs is 3. The van der Waals surface area contributed by atoms with Gasteiger partial charge in [0.1, 0.15) is 0 Å². The molecule has 0 aliphatic heterocycles. The summed E-state index contributed by atoms with van der Waals surface area (Å²) in [6.07, 6.45) is 28.3. The molecule has 0 amide bonds. The molecule has 0 saturated carbocycles. The van der Waals surface area contributed by atoms with Crippen LogP contribution in [0, 0.1) is 5.92 Å². The van der Waals surface area contributed by atoms with Crippen LogP contribution in [0.25, 0.3) is 39.6 Å². The van der Waals surface area contributed by atoms with E-state index in [0.717, 1.165) is 25.7 Å². The lowest BCUT2D eigenvalue weighted by molar-refractivity contribution is 0.781. The summed E-state index contributed by atoms with van der Waals surface area (Å²) in [6.45, 7) is 0. The minimum atomic E-state index is 0.329. The largest absolute Gasteiger partial charge is 0.0836 e. The van der Waals surface area contributed by atoms with E-state index in [1.165, 1.54) is 65.8 Å². The fraction of sp³-hybridized carbons (Fsp3) is 0.143. The number of rotatable bonds is 4. The molecule has 2 atom stereocenters. The lowest BCUT2D eigenvalue weighted by Crippen LogP contribution is -2.34. The van der Waals surface area contributed by atoms with E-state index in [-0.39, 0.29) is 0 Å². The smallest absolute Gasteiger partial charge is 0.00678 e. The van der Waals surface area contributed by atoms with Crippen molar-refractivity contribution in [3.63, 3.8) is 0 Å². The van der Waals surface area contributed by atoms with E-state index in [0.29, 0.717) is 11.8 Å². The highest BCUT2D eigenvalue weighted by Crippen LogP contribution is 2.41. The Kier molecular flexibility index (Phi) is 6.34. The van der Waals surface area contributed by atoms with Crippen molar-refractivity contribution in [2.45, 2.75) is 31.6 Å². The molecule has 0 spiro atoms. The molecule has 0 fully saturated rings. The van der Waals surface area contributed by atoms with Gasteiger partial charge in [0.2, 0.25) is 0 Å². The molecule has 0 radical (unpaired) electrons. The lowest BCUT2D eigenvalue weighted by atomic mass is 9.77. The first-order chi connectivity index (χ1) is 20.8. The number of hydrogen-bond donors (Lipinski definition) is 0. The Morgan fingerprint density at radius 3 is 2.10 bits per heavy atom. The Labute approximate surface area is 248 Å². The van der Waals surface area contributed by atoms with Gasteiger partial charge in [-0.2, -0.15) is 0 Å². The normalized spacial score (nSPS) is 20.8. The summed E-state index contributed by atoms with van der Waals surface area (Å²) in [5.41, 5.74) is 11.0. The van der Waals surface area contributed by atoms with Gasteiger partial charge in [-0.05, 0) is 91.4 Å². The van der Waals surface area contributed by atoms with Crippen LogP contribution in [-0.2, 0) is 0 Å². The number of hydrogen-bond acceptors (Lipinski definition) is 0. The van der Waals surface area contributed by atoms with Crippen molar-refractivity contribution in [2.24, 2.45) is 5.92 Å². The van der Waals surface area contributed by atoms with Gasteiger partial charge in [-0.25, -0.2) is 0 Å². The van der Waals surface area contributed by atoms with E-state index in [2.05, 4.69) is 146 Å². The molecule has 0 heteroatoms. The summed E-state index contributed by atoms with van der Waals surface area (Å²) in [5, 5.41) is 5.53. The average Bonchev–Trinajstić information content (AvgIpc) is 3.07. The lowest BCUT2D eigenvalue weighted by Gasteiger charge is -2.27. The van der Waals surface area contributed by atoms with Crippen LogP contribution < -0.4 is 10.4 Å². The first-order valence-electron chi connectivity index (χ1n) is 15.4. The summed E-state index contributed by atoms with van der Waals surface area (Å²) in [7, 11) is 0. The van der Waals surface area contributed by atoms with Crippen LogP contribution in [-0.4, -0.2) is 0 Å². The first kappa shape index (κ1) is 25.1. The number of benzene rings is 4. The van der Waals surface area contributed by atoms with Crippen LogP contribution in [0.1, 0.15) is 53.9 Å². The van der Waals surface area contributed by atoms with Gasteiger partial charge < -0.3 is 0 Å². The molecule has 2 unspecified atom stereocenters. The summed E-state index contributed by atoms with van der Waals surface area (Å²) in [6, 6.07) is 31.1. The fourth-order valence-electron chi connectivity index (χ4n) is 7.33. The van der Waals surface area contributed by atoms with Crippen molar-refractivity contribution in [3.05, 3.63) is 172 Å². The van der Waals surface area contributed by atoms with Crippen LogP contribution in [0.2, 0.25) is 0 Å². The topological polar surface area (TPSA) is 0 Å². The molecule has 0 aromatic heterocycles.